The molecule has 0 saturated carbocycles. The lowest BCUT2D eigenvalue weighted by atomic mass is 10.1. The number of hydrogen-bond acceptors (Lipinski definition) is 2. The number of alkyl halides is 2. The Bertz CT molecular complexity index is 708. The summed E-state index contributed by atoms with van der Waals surface area (Å²) in [6.07, 6.45) is 0.434. The van der Waals surface area contributed by atoms with Crippen LogP contribution in [0.15, 0.2) is 48.5 Å². The number of likely N-dealkylation sites (N-methyl/N-ethyl adjacent to an activating group) is 1. The summed E-state index contributed by atoms with van der Waals surface area (Å²) in [5.74, 6) is -0.299. The van der Waals surface area contributed by atoms with Gasteiger partial charge in [-0.05, 0) is 42.3 Å². The van der Waals surface area contributed by atoms with E-state index in [1.807, 2.05) is 7.05 Å². The normalized spacial score (nSPS) is 12.0. The van der Waals surface area contributed by atoms with Crippen LogP contribution in [0.25, 0.3) is 0 Å². The van der Waals surface area contributed by atoms with Crippen LogP contribution < -0.4 is 15.0 Å². The van der Waals surface area contributed by atoms with Gasteiger partial charge in [0.05, 0.1) is 7.05 Å². The number of rotatable bonds is 9. The van der Waals surface area contributed by atoms with E-state index in [-0.39, 0.29) is 24.0 Å². The van der Waals surface area contributed by atoms with Gasteiger partial charge < -0.3 is 15.0 Å². The van der Waals surface area contributed by atoms with Crippen molar-refractivity contribution in [2.45, 2.75) is 19.6 Å². The molecule has 1 amide bonds. The quantitative estimate of drug-likeness (QED) is 0.710. The maximum atomic E-state index is 13.5. The molecule has 0 radical (unpaired) electrons. The summed E-state index contributed by atoms with van der Waals surface area (Å²) in [5, 5.41) is 2.78. The van der Waals surface area contributed by atoms with Gasteiger partial charge in [0.25, 0.3) is 5.91 Å². The van der Waals surface area contributed by atoms with Crippen molar-refractivity contribution < 1.29 is 27.6 Å². The molecule has 7 heteroatoms. The molecule has 0 aliphatic heterocycles. The van der Waals surface area contributed by atoms with Gasteiger partial charge in [-0.1, -0.05) is 18.2 Å². The molecule has 0 fully saturated rings. The molecule has 1 unspecified atom stereocenters. The number of halogens is 3. The molecule has 2 N–H and O–H groups in total. The number of carbonyl (C=O) groups excluding carboxylic acids is 1. The van der Waals surface area contributed by atoms with E-state index in [1.54, 1.807) is 30.3 Å². The monoisotopic (exact) mass is 367 g/mol. The third-order valence-corrected chi connectivity index (χ3v) is 3.79. The Morgan fingerprint density at radius 2 is 1.85 bits per heavy atom. The third-order valence-electron chi connectivity index (χ3n) is 3.79. The lowest BCUT2D eigenvalue weighted by Crippen LogP contribution is -3.08. The van der Waals surface area contributed by atoms with Gasteiger partial charge in [-0.25, -0.2) is 4.39 Å². The molecular weight excluding hydrogens is 345 g/mol. The van der Waals surface area contributed by atoms with Crippen LogP contribution in [0, 0.1) is 5.82 Å². The van der Waals surface area contributed by atoms with E-state index in [9.17, 15) is 18.0 Å². The average Bonchev–Trinajstić information content (AvgIpc) is 2.58. The van der Waals surface area contributed by atoms with Crippen LogP contribution in [-0.2, 0) is 17.8 Å². The molecule has 0 spiro atoms. The number of quaternary nitrogens is 1. The summed E-state index contributed by atoms with van der Waals surface area (Å²) in [7, 11) is 1.86. The molecule has 2 aromatic carbocycles. The van der Waals surface area contributed by atoms with Gasteiger partial charge in [0.2, 0.25) is 0 Å². The Kier molecular flexibility index (Phi) is 7.47. The van der Waals surface area contributed by atoms with E-state index in [0.717, 1.165) is 10.5 Å². The lowest BCUT2D eigenvalue weighted by molar-refractivity contribution is -0.885. The van der Waals surface area contributed by atoms with Crippen LogP contribution in [-0.4, -0.2) is 32.7 Å². The van der Waals surface area contributed by atoms with Crippen molar-refractivity contribution in [1.82, 2.24) is 5.32 Å². The zero-order chi connectivity index (χ0) is 18.9. The molecule has 26 heavy (non-hydrogen) atoms. The van der Waals surface area contributed by atoms with Crippen molar-refractivity contribution in [2.75, 3.05) is 20.1 Å². The van der Waals surface area contributed by atoms with E-state index in [4.69, 9.17) is 0 Å². The molecule has 140 valence electrons. The second-order valence-corrected chi connectivity index (χ2v) is 6.02. The molecule has 2 aromatic rings. The number of amides is 1. The molecule has 4 nitrogen and oxygen atoms in total. The van der Waals surface area contributed by atoms with Crippen molar-refractivity contribution >= 4 is 5.91 Å². The highest BCUT2D eigenvalue weighted by atomic mass is 19.3. The maximum absolute atomic E-state index is 13.5. The minimum Gasteiger partial charge on any atom is -0.435 e. The van der Waals surface area contributed by atoms with Gasteiger partial charge in [0.1, 0.15) is 18.1 Å². The molecule has 1 atom stereocenters. The molecule has 0 aliphatic rings. The zero-order valence-electron chi connectivity index (χ0n) is 14.5. The van der Waals surface area contributed by atoms with Gasteiger partial charge in [-0.2, -0.15) is 8.78 Å². The van der Waals surface area contributed by atoms with Crippen molar-refractivity contribution in [3.63, 3.8) is 0 Å². The molecule has 0 saturated heterocycles. The summed E-state index contributed by atoms with van der Waals surface area (Å²) in [4.78, 5) is 12.9. The van der Waals surface area contributed by atoms with Gasteiger partial charge in [0, 0.05) is 12.1 Å². The minimum atomic E-state index is -2.85. The van der Waals surface area contributed by atoms with Crippen LogP contribution in [0.4, 0.5) is 13.2 Å². The van der Waals surface area contributed by atoms with Crippen LogP contribution in [0.5, 0.6) is 5.75 Å². The molecule has 2 rings (SSSR count). The van der Waals surface area contributed by atoms with Crippen LogP contribution in [0.2, 0.25) is 0 Å². The minimum absolute atomic E-state index is 0.104. The highest BCUT2D eigenvalue weighted by Gasteiger charge is 2.11. The SMILES string of the molecule is C[NH+](CC(=O)NCCc1ccccc1F)Cc1ccc(OC(F)F)cc1. The first-order valence-electron chi connectivity index (χ1n) is 8.29. The molecule has 0 heterocycles. The Hall–Kier alpha value is -2.54. The van der Waals surface area contributed by atoms with E-state index in [0.29, 0.717) is 25.1 Å². The highest BCUT2D eigenvalue weighted by Crippen LogP contribution is 2.14. The number of nitrogens with one attached hydrogen (secondary N) is 2. The highest BCUT2D eigenvalue weighted by molar-refractivity contribution is 5.76. The smallest absolute Gasteiger partial charge is 0.387 e. The van der Waals surface area contributed by atoms with E-state index >= 15 is 0 Å². The van der Waals surface area contributed by atoms with Gasteiger partial charge in [0.15, 0.2) is 6.54 Å². The van der Waals surface area contributed by atoms with Gasteiger partial charge >= 0.3 is 6.61 Å². The molecule has 0 aliphatic carbocycles. The second-order valence-electron chi connectivity index (χ2n) is 6.02. The second kappa shape index (κ2) is 9.82. The van der Waals surface area contributed by atoms with E-state index in [2.05, 4.69) is 10.1 Å². The van der Waals surface area contributed by atoms with Crippen molar-refractivity contribution in [3.8, 4) is 5.75 Å². The molecule has 0 aromatic heterocycles. The molecule has 0 bridgehead atoms. The summed E-state index contributed by atoms with van der Waals surface area (Å²) in [5.41, 5.74) is 1.47. The fraction of sp³-hybridized carbons (Fsp3) is 0.316. The van der Waals surface area contributed by atoms with Gasteiger partial charge in [-0.3, -0.25) is 4.79 Å². The summed E-state index contributed by atoms with van der Waals surface area (Å²) in [6, 6.07) is 12.8. The summed E-state index contributed by atoms with van der Waals surface area (Å²) < 4.78 is 42.0. The van der Waals surface area contributed by atoms with Crippen molar-refractivity contribution in [1.29, 1.82) is 0 Å². The first kappa shape index (κ1) is 19.8. The first-order valence-corrected chi connectivity index (χ1v) is 8.29. The fourth-order valence-electron chi connectivity index (χ4n) is 2.57. The predicted molar refractivity (Wildman–Crippen MR) is 91.6 cm³/mol. The number of carbonyl (C=O) groups is 1. The van der Waals surface area contributed by atoms with Crippen LogP contribution in [0.1, 0.15) is 11.1 Å². The largest absolute Gasteiger partial charge is 0.435 e. The first-order chi connectivity index (χ1) is 12.4. The van der Waals surface area contributed by atoms with E-state index in [1.165, 1.54) is 18.2 Å². The Morgan fingerprint density at radius 1 is 1.15 bits per heavy atom. The standard InChI is InChI=1S/C19H21F3N2O2/c1-24(12-14-6-8-16(9-7-14)26-19(21)22)13-18(25)23-11-10-15-4-2-3-5-17(15)20/h2-9,19H,10-13H2,1H3,(H,23,25)/p+1. The van der Waals surface area contributed by atoms with E-state index < -0.39 is 6.61 Å². The Labute approximate surface area is 150 Å². The van der Waals surface area contributed by atoms with Crippen LogP contribution >= 0.6 is 0 Å². The zero-order valence-corrected chi connectivity index (χ0v) is 14.5. The lowest BCUT2D eigenvalue weighted by Gasteiger charge is -2.14. The average molecular weight is 367 g/mol. The number of benzene rings is 2. The Morgan fingerprint density at radius 3 is 2.50 bits per heavy atom. The predicted octanol–water partition coefficient (Wildman–Crippen LogP) is 1.80. The van der Waals surface area contributed by atoms with Crippen LogP contribution in [0.3, 0.4) is 0 Å². The Balaban J connectivity index is 1.72. The maximum Gasteiger partial charge on any atom is 0.387 e. The number of ether oxygens (including phenoxy) is 1. The topological polar surface area (TPSA) is 42.8 Å². The summed E-state index contributed by atoms with van der Waals surface area (Å²) >= 11 is 0. The van der Waals surface area contributed by atoms with Crippen molar-refractivity contribution in [2.24, 2.45) is 0 Å². The summed E-state index contributed by atoms with van der Waals surface area (Å²) in [6.45, 7) is -1.66. The fourth-order valence-corrected chi connectivity index (χ4v) is 2.57. The van der Waals surface area contributed by atoms with Crippen molar-refractivity contribution in [3.05, 3.63) is 65.5 Å². The molecular formula is C19H22F3N2O2+. The third kappa shape index (κ3) is 6.76. The number of hydrogen-bond donors (Lipinski definition) is 2. The van der Waals surface area contributed by atoms with Gasteiger partial charge in [-0.15, -0.1) is 0 Å².